The van der Waals surface area contributed by atoms with E-state index >= 15 is 0 Å². The van der Waals surface area contributed by atoms with Gasteiger partial charge in [0.25, 0.3) is 0 Å². The highest BCUT2D eigenvalue weighted by molar-refractivity contribution is 5.21. The van der Waals surface area contributed by atoms with Crippen molar-refractivity contribution in [3.63, 3.8) is 0 Å². The predicted molar refractivity (Wildman–Crippen MR) is 80.7 cm³/mol. The second-order valence-corrected chi connectivity index (χ2v) is 6.51. The normalized spacial score (nSPS) is 25.2. The highest BCUT2D eigenvalue weighted by Gasteiger charge is 2.23. The number of rotatable bonds is 5. The Bertz CT molecular complexity index is 453. The molecule has 1 saturated heterocycles. The molecule has 112 valence electrons. The summed E-state index contributed by atoms with van der Waals surface area (Å²) < 4.78 is 5.88. The average molecular weight is 277 g/mol. The molecule has 0 spiro atoms. The van der Waals surface area contributed by atoms with Crippen molar-refractivity contribution in [3.05, 3.63) is 23.2 Å². The van der Waals surface area contributed by atoms with Crippen LogP contribution in [0.1, 0.15) is 36.8 Å². The Morgan fingerprint density at radius 3 is 2.85 bits per heavy atom. The minimum absolute atomic E-state index is 0.645. The molecule has 1 aromatic rings. The lowest BCUT2D eigenvalue weighted by molar-refractivity contribution is 0.0996. The van der Waals surface area contributed by atoms with Gasteiger partial charge in [0.05, 0.1) is 6.54 Å². The van der Waals surface area contributed by atoms with Gasteiger partial charge in [-0.2, -0.15) is 0 Å². The van der Waals surface area contributed by atoms with Crippen molar-refractivity contribution in [1.29, 1.82) is 0 Å². The number of nitrogens with zero attached hydrogens (tertiary/aromatic N) is 2. The van der Waals surface area contributed by atoms with Crippen molar-refractivity contribution < 1.29 is 4.42 Å². The van der Waals surface area contributed by atoms with E-state index in [0.717, 1.165) is 50.3 Å². The van der Waals surface area contributed by atoms with E-state index in [4.69, 9.17) is 4.42 Å². The van der Waals surface area contributed by atoms with Crippen molar-refractivity contribution in [2.75, 3.05) is 26.7 Å². The van der Waals surface area contributed by atoms with Crippen LogP contribution in [0.4, 0.5) is 0 Å². The summed E-state index contributed by atoms with van der Waals surface area (Å²) in [4.78, 5) is 4.98. The lowest BCUT2D eigenvalue weighted by atomic mass is 10.1. The van der Waals surface area contributed by atoms with E-state index in [1.165, 1.54) is 18.4 Å². The molecule has 3 rings (SSSR count). The van der Waals surface area contributed by atoms with Crippen LogP contribution in [0.5, 0.6) is 0 Å². The molecule has 0 aromatic carbocycles. The fourth-order valence-electron chi connectivity index (χ4n) is 2.87. The Hall–Kier alpha value is -0.840. The third-order valence-corrected chi connectivity index (χ3v) is 4.65. The lowest BCUT2D eigenvalue weighted by Gasteiger charge is -2.37. The second-order valence-electron chi connectivity index (χ2n) is 6.51. The van der Waals surface area contributed by atoms with Crippen LogP contribution in [0.3, 0.4) is 0 Å². The van der Waals surface area contributed by atoms with Crippen molar-refractivity contribution in [1.82, 2.24) is 15.1 Å². The van der Waals surface area contributed by atoms with E-state index in [1.54, 1.807) is 0 Å². The van der Waals surface area contributed by atoms with Gasteiger partial charge in [0.1, 0.15) is 11.5 Å². The van der Waals surface area contributed by atoms with Crippen LogP contribution in [0.15, 0.2) is 10.5 Å². The minimum Gasteiger partial charge on any atom is -0.465 e. The Morgan fingerprint density at radius 1 is 1.35 bits per heavy atom. The van der Waals surface area contributed by atoms with Gasteiger partial charge in [-0.05, 0) is 39.8 Å². The molecule has 2 aliphatic rings. The molecule has 0 bridgehead atoms. The first kappa shape index (κ1) is 14.1. The van der Waals surface area contributed by atoms with Crippen LogP contribution in [0.2, 0.25) is 0 Å². The van der Waals surface area contributed by atoms with Gasteiger partial charge in [0.15, 0.2) is 0 Å². The van der Waals surface area contributed by atoms with Gasteiger partial charge in [0.2, 0.25) is 0 Å². The molecule has 4 nitrogen and oxygen atoms in total. The summed E-state index contributed by atoms with van der Waals surface area (Å²) in [7, 11) is 2.22. The Labute approximate surface area is 122 Å². The number of likely N-dealkylation sites (N-methyl/N-ethyl adjacent to an activating group) is 1. The van der Waals surface area contributed by atoms with Crippen molar-refractivity contribution in [3.8, 4) is 0 Å². The topological polar surface area (TPSA) is 31.7 Å². The molecule has 1 atom stereocenters. The molecule has 4 heteroatoms. The summed E-state index contributed by atoms with van der Waals surface area (Å²) in [6.07, 6.45) is 2.65. The van der Waals surface area contributed by atoms with E-state index in [-0.39, 0.29) is 0 Å². The van der Waals surface area contributed by atoms with E-state index in [1.807, 2.05) is 0 Å². The van der Waals surface area contributed by atoms with Gasteiger partial charge in [-0.25, -0.2) is 0 Å². The molecular weight excluding hydrogens is 250 g/mol. The van der Waals surface area contributed by atoms with Crippen LogP contribution >= 0.6 is 0 Å². The Morgan fingerprint density at radius 2 is 2.15 bits per heavy atom. The molecule has 1 N–H and O–H groups in total. The predicted octanol–water partition coefficient (Wildman–Crippen LogP) is 1.98. The van der Waals surface area contributed by atoms with Gasteiger partial charge in [-0.3, -0.25) is 4.90 Å². The van der Waals surface area contributed by atoms with Crippen molar-refractivity contribution in [2.45, 2.75) is 51.9 Å². The lowest BCUT2D eigenvalue weighted by Crippen LogP contribution is -2.49. The molecule has 0 amide bonds. The highest BCUT2D eigenvalue weighted by atomic mass is 16.3. The maximum Gasteiger partial charge on any atom is 0.118 e. The maximum absolute atomic E-state index is 5.88. The average Bonchev–Trinajstić information content (AvgIpc) is 3.17. The summed E-state index contributed by atoms with van der Waals surface area (Å²) in [5.74, 6) is 2.18. The van der Waals surface area contributed by atoms with E-state index in [9.17, 15) is 0 Å². The zero-order valence-electron chi connectivity index (χ0n) is 13.0. The number of hydrogen-bond acceptors (Lipinski definition) is 4. The second kappa shape index (κ2) is 5.88. The maximum atomic E-state index is 5.88. The first-order chi connectivity index (χ1) is 9.61. The molecular formula is C16H27N3O. The largest absolute Gasteiger partial charge is 0.465 e. The smallest absolute Gasteiger partial charge is 0.118 e. The minimum atomic E-state index is 0.645. The number of aryl methyl sites for hydroxylation is 1. The molecule has 0 radical (unpaired) electrons. The van der Waals surface area contributed by atoms with Crippen LogP contribution in [-0.4, -0.2) is 48.6 Å². The SMILES string of the molecule is Cc1oc(CNC2CC2)cc1CN1CCN(C)C(C)C1. The summed E-state index contributed by atoms with van der Waals surface area (Å²) >= 11 is 0. The molecule has 1 saturated carbocycles. The van der Waals surface area contributed by atoms with Crippen LogP contribution in [-0.2, 0) is 13.1 Å². The van der Waals surface area contributed by atoms with Gasteiger partial charge in [-0.1, -0.05) is 0 Å². The highest BCUT2D eigenvalue weighted by Crippen LogP contribution is 2.22. The van der Waals surface area contributed by atoms with Gasteiger partial charge < -0.3 is 14.6 Å². The third kappa shape index (κ3) is 3.43. The first-order valence-corrected chi connectivity index (χ1v) is 7.86. The summed E-state index contributed by atoms with van der Waals surface area (Å²) in [6, 6.07) is 3.63. The quantitative estimate of drug-likeness (QED) is 0.892. The van der Waals surface area contributed by atoms with E-state index in [2.05, 4.69) is 42.1 Å². The van der Waals surface area contributed by atoms with Gasteiger partial charge >= 0.3 is 0 Å². The number of piperazine rings is 1. The van der Waals surface area contributed by atoms with Gasteiger partial charge in [0, 0.05) is 43.8 Å². The summed E-state index contributed by atoms with van der Waals surface area (Å²) in [5, 5.41) is 3.52. The first-order valence-electron chi connectivity index (χ1n) is 7.86. The Kier molecular flexibility index (Phi) is 4.15. The fraction of sp³-hybridized carbons (Fsp3) is 0.750. The van der Waals surface area contributed by atoms with Crippen molar-refractivity contribution in [2.24, 2.45) is 0 Å². The van der Waals surface area contributed by atoms with Crippen LogP contribution in [0, 0.1) is 6.92 Å². The third-order valence-electron chi connectivity index (χ3n) is 4.65. The summed E-state index contributed by atoms with van der Waals surface area (Å²) in [5.41, 5.74) is 1.36. The van der Waals surface area contributed by atoms with E-state index in [0.29, 0.717) is 6.04 Å². The molecule has 2 heterocycles. The Balaban J connectivity index is 1.56. The molecule has 1 unspecified atom stereocenters. The molecule has 1 aliphatic carbocycles. The molecule has 1 aliphatic heterocycles. The van der Waals surface area contributed by atoms with Crippen LogP contribution in [0.25, 0.3) is 0 Å². The number of hydrogen-bond donors (Lipinski definition) is 1. The van der Waals surface area contributed by atoms with Gasteiger partial charge in [-0.15, -0.1) is 0 Å². The fourth-order valence-corrected chi connectivity index (χ4v) is 2.87. The number of nitrogens with one attached hydrogen (secondary N) is 1. The monoisotopic (exact) mass is 277 g/mol. The number of furan rings is 1. The zero-order chi connectivity index (χ0) is 14.1. The van der Waals surface area contributed by atoms with Crippen LogP contribution < -0.4 is 5.32 Å². The summed E-state index contributed by atoms with van der Waals surface area (Å²) in [6.45, 7) is 9.77. The standard InChI is InChI=1S/C16H27N3O/c1-12-10-19(7-6-18(12)3)11-14-8-16(20-13(14)2)9-17-15-4-5-15/h8,12,15,17H,4-7,9-11H2,1-3H3. The molecule has 20 heavy (non-hydrogen) atoms. The molecule has 1 aromatic heterocycles. The molecule has 2 fully saturated rings. The van der Waals surface area contributed by atoms with E-state index < -0.39 is 0 Å². The van der Waals surface area contributed by atoms with Crippen molar-refractivity contribution >= 4 is 0 Å². The zero-order valence-corrected chi connectivity index (χ0v) is 13.0.